The monoisotopic (exact) mass is 479 g/mol. The van der Waals surface area contributed by atoms with Crippen LogP contribution in [0, 0.1) is 6.92 Å². The highest BCUT2D eigenvalue weighted by molar-refractivity contribution is 6.03. The Morgan fingerprint density at radius 1 is 1.14 bits per heavy atom. The normalized spacial score (nSPS) is 13.6. The number of rotatable bonds is 3. The number of hydrogen-bond acceptors (Lipinski definition) is 6. The third kappa shape index (κ3) is 4.20. The molecule has 0 unspecified atom stereocenters. The number of nitrogens with one attached hydrogen (secondary N) is 2. The molecule has 0 spiro atoms. The molecule has 3 aliphatic rings. The standard InChI is InChI=1S/C24H20F3N7O/c1-13-3-4-16(32-22(35)19-10-15(5-6-29-19)24(25,26)27)11-17(13)18-9-14-12-31-23(28-2)33-20(14)34-8-7-30-21(18)34/h3-6,9-12,30H,7-8H2,1-2H3,(H,32,35). The van der Waals surface area contributed by atoms with Gasteiger partial charge in [-0.2, -0.15) is 18.2 Å². The van der Waals surface area contributed by atoms with Crippen molar-refractivity contribution in [3.63, 3.8) is 0 Å². The largest absolute Gasteiger partial charge is 0.416 e. The fraction of sp³-hybridized carbons (Fsp3) is 0.208. The molecule has 8 nitrogen and oxygen atoms in total. The molecule has 1 amide bonds. The highest BCUT2D eigenvalue weighted by atomic mass is 19.4. The minimum absolute atomic E-state index is 0.319. The number of pyridine rings is 2. The maximum atomic E-state index is 13.0. The van der Waals surface area contributed by atoms with E-state index in [1.807, 2.05) is 19.1 Å². The van der Waals surface area contributed by atoms with Gasteiger partial charge in [0.25, 0.3) is 5.91 Å². The number of halogens is 3. The molecule has 4 heterocycles. The van der Waals surface area contributed by atoms with Crippen LogP contribution in [0.2, 0.25) is 0 Å². The molecule has 178 valence electrons. The van der Waals surface area contributed by atoms with E-state index < -0.39 is 17.6 Å². The molecule has 0 aliphatic carbocycles. The van der Waals surface area contributed by atoms with Gasteiger partial charge < -0.3 is 15.2 Å². The van der Waals surface area contributed by atoms with Crippen LogP contribution in [0.15, 0.2) is 53.8 Å². The topological polar surface area (TPSA) is 97.1 Å². The van der Waals surface area contributed by atoms with Crippen LogP contribution < -0.4 is 16.3 Å². The van der Waals surface area contributed by atoms with Crippen molar-refractivity contribution in [3.8, 4) is 22.5 Å². The molecule has 2 N–H and O–H groups in total. The predicted molar refractivity (Wildman–Crippen MR) is 124 cm³/mol. The highest BCUT2D eigenvalue weighted by Crippen LogP contribution is 2.39. The highest BCUT2D eigenvalue weighted by Gasteiger charge is 2.31. The summed E-state index contributed by atoms with van der Waals surface area (Å²) in [5.41, 5.74) is 3.12. The average Bonchev–Trinajstić information content (AvgIpc) is 3.34. The minimum Gasteiger partial charge on any atom is -0.369 e. The van der Waals surface area contributed by atoms with Crippen LogP contribution in [-0.4, -0.2) is 39.0 Å². The lowest BCUT2D eigenvalue weighted by molar-refractivity contribution is -0.137. The summed E-state index contributed by atoms with van der Waals surface area (Å²) in [7, 11) is 1.64. The Morgan fingerprint density at radius 3 is 2.74 bits per heavy atom. The molecular weight excluding hydrogens is 459 g/mol. The molecule has 0 saturated heterocycles. The predicted octanol–water partition coefficient (Wildman–Crippen LogP) is 3.98. The molecule has 11 heteroatoms. The van der Waals surface area contributed by atoms with Gasteiger partial charge in [-0.25, -0.2) is 4.98 Å². The molecular formula is C24H20F3N7O. The van der Waals surface area contributed by atoms with Crippen LogP contribution in [-0.2, 0) is 12.7 Å². The zero-order valence-electron chi connectivity index (χ0n) is 18.8. The Balaban J connectivity index is 1.54. The molecule has 35 heavy (non-hydrogen) atoms. The second kappa shape index (κ2) is 8.49. The van der Waals surface area contributed by atoms with E-state index in [0.29, 0.717) is 11.3 Å². The summed E-state index contributed by atoms with van der Waals surface area (Å²) in [6, 6.07) is 8.87. The van der Waals surface area contributed by atoms with Crippen molar-refractivity contribution in [3.05, 3.63) is 71.2 Å². The zero-order chi connectivity index (χ0) is 24.7. The van der Waals surface area contributed by atoms with Crippen LogP contribution in [0.5, 0.6) is 0 Å². The molecule has 3 aliphatic heterocycles. The number of benzene rings is 1. The number of hydrogen-bond donors (Lipinski definition) is 2. The Hall–Kier alpha value is -4.28. The molecule has 0 saturated carbocycles. The number of nitrogens with zero attached hydrogens (tertiary/aromatic N) is 5. The van der Waals surface area contributed by atoms with Gasteiger partial charge in [0.05, 0.1) is 5.56 Å². The van der Waals surface area contributed by atoms with E-state index in [2.05, 4.69) is 35.1 Å². The molecule has 0 fully saturated rings. The molecule has 0 bridgehead atoms. The summed E-state index contributed by atoms with van der Waals surface area (Å²) in [5, 5.41) is 6.06. The van der Waals surface area contributed by atoms with Crippen LogP contribution >= 0.6 is 0 Å². The van der Waals surface area contributed by atoms with E-state index >= 15 is 0 Å². The van der Waals surface area contributed by atoms with Gasteiger partial charge in [-0.05, 0) is 48.4 Å². The van der Waals surface area contributed by atoms with Crippen LogP contribution in [0.1, 0.15) is 21.6 Å². The summed E-state index contributed by atoms with van der Waals surface area (Å²) in [6.07, 6.45) is -1.87. The Morgan fingerprint density at radius 2 is 1.97 bits per heavy atom. The fourth-order valence-electron chi connectivity index (χ4n) is 4.09. The number of fused-ring (bicyclic) bond motifs is 3. The minimum atomic E-state index is -4.56. The van der Waals surface area contributed by atoms with Gasteiger partial charge in [0.2, 0.25) is 5.62 Å². The van der Waals surface area contributed by atoms with Crippen molar-refractivity contribution in [2.45, 2.75) is 19.6 Å². The van der Waals surface area contributed by atoms with Gasteiger partial charge in [0.15, 0.2) is 0 Å². The fourth-order valence-corrected chi connectivity index (χ4v) is 4.09. The SMILES string of the molecule is CN=c1ncc2cc(-c3cc(NC(=O)c4cc(C(F)(F)F)ccn4)ccc3C)c3n(c-2n1)CCN3. The van der Waals surface area contributed by atoms with Crippen molar-refractivity contribution in [1.82, 2.24) is 19.5 Å². The average molecular weight is 479 g/mol. The third-order valence-electron chi connectivity index (χ3n) is 5.80. The van der Waals surface area contributed by atoms with E-state index in [-0.39, 0.29) is 5.69 Å². The Kier molecular flexibility index (Phi) is 5.46. The van der Waals surface area contributed by atoms with E-state index in [9.17, 15) is 18.0 Å². The number of amides is 1. The molecule has 1 aromatic carbocycles. The molecule has 0 radical (unpaired) electrons. The number of alkyl halides is 3. The molecule has 1 aromatic heterocycles. The van der Waals surface area contributed by atoms with Gasteiger partial charge in [-0.1, -0.05) is 6.07 Å². The Labute approximate surface area is 198 Å². The lowest BCUT2D eigenvalue weighted by Gasteiger charge is -2.19. The number of carbonyl (C=O) groups excluding carboxylic acids is 1. The van der Waals surface area contributed by atoms with Crippen molar-refractivity contribution in [1.29, 1.82) is 0 Å². The smallest absolute Gasteiger partial charge is 0.369 e. The first-order valence-electron chi connectivity index (χ1n) is 10.8. The van der Waals surface area contributed by atoms with Crippen LogP contribution in [0.4, 0.5) is 24.7 Å². The number of carbonyl (C=O) groups is 1. The quantitative estimate of drug-likeness (QED) is 0.463. The van der Waals surface area contributed by atoms with Gasteiger partial charge in [0.1, 0.15) is 17.3 Å². The van der Waals surface area contributed by atoms with Gasteiger partial charge >= 0.3 is 6.18 Å². The van der Waals surface area contributed by atoms with Gasteiger partial charge in [-0.3, -0.25) is 14.8 Å². The van der Waals surface area contributed by atoms with Crippen molar-refractivity contribution < 1.29 is 18.0 Å². The second-order valence-corrected chi connectivity index (χ2v) is 8.07. The number of anilines is 2. The number of aromatic nitrogens is 4. The summed E-state index contributed by atoms with van der Waals surface area (Å²) in [6.45, 7) is 3.39. The molecule has 0 atom stereocenters. The first kappa shape index (κ1) is 22.5. The van der Waals surface area contributed by atoms with Crippen LogP contribution in [0.25, 0.3) is 22.5 Å². The van der Waals surface area contributed by atoms with E-state index in [1.165, 1.54) is 0 Å². The number of aryl methyl sites for hydroxylation is 1. The van der Waals surface area contributed by atoms with Gasteiger partial charge in [-0.15, -0.1) is 0 Å². The van der Waals surface area contributed by atoms with E-state index in [4.69, 9.17) is 0 Å². The zero-order valence-corrected chi connectivity index (χ0v) is 18.8. The van der Waals surface area contributed by atoms with Gasteiger partial charge in [0, 0.05) is 49.3 Å². The Bertz CT molecular complexity index is 1490. The maximum Gasteiger partial charge on any atom is 0.416 e. The van der Waals surface area contributed by atoms with Crippen molar-refractivity contribution >= 4 is 17.4 Å². The summed E-state index contributed by atoms with van der Waals surface area (Å²) < 4.78 is 41.1. The van der Waals surface area contributed by atoms with Crippen molar-refractivity contribution in [2.24, 2.45) is 4.99 Å². The second-order valence-electron chi connectivity index (χ2n) is 8.07. The molecule has 2 aromatic rings. The van der Waals surface area contributed by atoms with E-state index in [0.717, 1.165) is 65.3 Å². The van der Waals surface area contributed by atoms with E-state index in [1.54, 1.807) is 25.4 Å². The van der Waals surface area contributed by atoms with Crippen LogP contribution in [0.3, 0.4) is 0 Å². The summed E-state index contributed by atoms with van der Waals surface area (Å²) in [5.74, 6) is 0.915. The third-order valence-corrected chi connectivity index (χ3v) is 5.80. The lowest BCUT2D eigenvalue weighted by atomic mass is 9.98. The molecule has 5 rings (SSSR count). The van der Waals surface area contributed by atoms with Crippen molar-refractivity contribution in [2.75, 3.05) is 24.2 Å². The first-order valence-corrected chi connectivity index (χ1v) is 10.8. The lowest BCUT2D eigenvalue weighted by Crippen LogP contribution is -2.17. The summed E-state index contributed by atoms with van der Waals surface area (Å²) in [4.78, 5) is 29.3. The maximum absolute atomic E-state index is 13.0. The first-order chi connectivity index (χ1) is 16.7. The summed E-state index contributed by atoms with van der Waals surface area (Å²) >= 11 is 0.